The van der Waals surface area contributed by atoms with E-state index in [1.165, 1.54) is 20.3 Å². The number of carbonyl (C=O) groups is 2. The molecule has 0 aliphatic heterocycles. The molecular weight excluding hydrogens is 424 g/mol. The second-order valence-corrected chi connectivity index (χ2v) is 7.43. The first-order chi connectivity index (χ1) is 15.5. The normalized spacial score (nSPS) is 10.2. The van der Waals surface area contributed by atoms with Gasteiger partial charge in [0.2, 0.25) is 0 Å². The summed E-state index contributed by atoms with van der Waals surface area (Å²) in [6.45, 7) is 1.17. The molecule has 0 fully saturated rings. The number of anilines is 1. The van der Waals surface area contributed by atoms with Gasteiger partial charge in [-0.05, 0) is 41.5 Å². The van der Waals surface area contributed by atoms with Crippen molar-refractivity contribution in [1.29, 1.82) is 0 Å². The molecule has 3 aromatic carbocycles. The molecule has 0 spiro atoms. The second kappa shape index (κ2) is 11.1. The van der Waals surface area contributed by atoms with Crippen LogP contribution in [0.15, 0.2) is 78.9 Å². The Morgan fingerprint density at radius 3 is 1.62 bits per heavy atom. The smallest absolute Gasteiger partial charge is 0.337 e. The molecule has 0 amide bonds. The van der Waals surface area contributed by atoms with Gasteiger partial charge in [-0.25, -0.2) is 9.59 Å². The largest absolute Gasteiger partial charge is 0.465 e. The number of esters is 2. The first-order valence-electron chi connectivity index (χ1n) is 9.95. The monoisotopic (exact) mass is 448 g/mol. The van der Waals surface area contributed by atoms with Gasteiger partial charge in [0.05, 0.1) is 25.3 Å². The molecule has 0 aliphatic carbocycles. The number of methoxy groups -OCH3 is 2. The van der Waals surface area contributed by atoms with Crippen molar-refractivity contribution < 1.29 is 19.1 Å². The highest BCUT2D eigenvalue weighted by molar-refractivity contribution is 7.80. The number of thiocarbonyl (C=S) groups is 1. The van der Waals surface area contributed by atoms with Crippen LogP contribution in [0.5, 0.6) is 0 Å². The zero-order chi connectivity index (χ0) is 22.9. The van der Waals surface area contributed by atoms with E-state index in [4.69, 9.17) is 21.7 Å². The molecule has 0 aromatic heterocycles. The van der Waals surface area contributed by atoms with Crippen molar-refractivity contribution in [3.63, 3.8) is 0 Å². The third-order valence-electron chi connectivity index (χ3n) is 4.75. The maximum atomic E-state index is 12.1. The van der Waals surface area contributed by atoms with Gasteiger partial charge in [-0.1, -0.05) is 60.7 Å². The van der Waals surface area contributed by atoms with Gasteiger partial charge in [-0.2, -0.15) is 0 Å². The molecule has 6 nitrogen and oxygen atoms in total. The lowest BCUT2D eigenvalue weighted by Crippen LogP contribution is -2.34. The van der Waals surface area contributed by atoms with Crippen molar-refractivity contribution in [2.24, 2.45) is 0 Å². The van der Waals surface area contributed by atoms with Gasteiger partial charge in [-0.15, -0.1) is 0 Å². The van der Waals surface area contributed by atoms with Gasteiger partial charge in [0.25, 0.3) is 0 Å². The van der Waals surface area contributed by atoms with Crippen molar-refractivity contribution in [2.75, 3.05) is 19.5 Å². The van der Waals surface area contributed by atoms with Crippen molar-refractivity contribution in [2.45, 2.75) is 13.1 Å². The minimum absolute atomic E-state index is 0.221. The lowest BCUT2D eigenvalue weighted by Gasteiger charge is -2.26. The number of rotatable bonds is 7. The Labute approximate surface area is 192 Å². The molecule has 0 saturated carbocycles. The topological polar surface area (TPSA) is 67.9 Å². The average molecular weight is 449 g/mol. The van der Waals surface area contributed by atoms with E-state index in [1.54, 1.807) is 12.1 Å². The van der Waals surface area contributed by atoms with Gasteiger partial charge in [0.1, 0.15) is 0 Å². The first kappa shape index (κ1) is 23.0. The van der Waals surface area contributed by atoms with Crippen LogP contribution in [0.4, 0.5) is 5.69 Å². The Kier molecular flexibility index (Phi) is 7.94. The van der Waals surface area contributed by atoms with E-state index in [1.807, 2.05) is 65.6 Å². The summed E-state index contributed by atoms with van der Waals surface area (Å²) in [6, 6.07) is 24.6. The summed E-state index contributed by atoms with van der Waals surface area (Å²) in [5.74, 6) is -1.12. The van der Waals surface area contributed by atoms with Gasteiger partial charge < -0.3 is 19.7 Å². The zero-order valence-electron chi connectivity index (χ0n) is 17.9. The van der Waals surface area contributed by atoms with E-state index in [-0.39, 0.29) is 11.1 Å². The van der Waals surface area contributed by atoms with Gasteiger partial charge in [0.15, 0.2) is 5.11 Å². The number of carbonyl (C=O) groups excluding carboxylic acids is 2. The number of benzene rings is 3. The van der Waals surface area contributed by atoms with Crippen molar-refractivity contribution in [3.8, 4) is 0 Å². The second-order valence-electron chi connectivity index (χ2n) is 7.04. The zero-order valence-corrected chi connectivity index (χ0v) is 18.7. The Morgan fingerprint density at radius 1 is 0.781 bits per heavy atom. The van der Waals surface area contributed by atoms with Crippen LogP contribution in [0.3, 0.4) is 0 Å². The van der Waals surface area contributed by atoms with Crippen LogP contribution in [-0.4, -0.2) is 36.2 Å². The molecule has 3 rings (SSSR count). The fourth-order valence-corrected chi connectivity index (χ4v) is 3.43. The molecule has 32 heavy (non-hydrogen) atoms. The van der Waals surface area contributed by atoms with Crippen LogP contribution in [0, 0.1) is 0 Å². The van der Waals surface area contributed by atoms with E-state index in [9.17, 15) is 9.59 Å². The summed E-state index contributed by atoms with van der Waals surface area (Å²) in [5.41, 5.74) is 3.14. The molecule has 0 radical (unpaired) electrons. The van der Waals surface area contributed by atoms with Crippen LogP contribution < -0.4 is 5.32 Å². The lowest BCUT2D eigenvalue weighted by atomic mass is 10.1. The Balaban J connectivity index is 1.88. The number of hydrogen-bond donors (Lipinski definition) is 1. The van der Waals surface area contributed by atoms with E-state index in [2.05, 4.69) is 5.32 Å². The van der Waals surface area contributed by atoms with Gasteiger partial charge in [-0.3, -0.25) is 0 Å². The molecule has 0 saturated heterocycles. The SMILES string of the molecule is COC(=O)c1cc(NC(=S)N(Cc2ccccc2)Cc2ccccc2)cc(C(=O)OC)c1. The van der Waals surface area contributed by atoms with Crippen LogP contribution in [0.1, 0.15) is 31.8 Å². The highest BCUT2D eigenvalue weighted by Gasteiger charge is 2.17. The Morgan fingerprint density at radius 2 is 1.22 bits per heavy atom. The number of nitrogens with zero attached hydrogens (tertiary/aromatic N) is 1. The fraction of sp³-hybridized carbons (Fsp3) is 0.160. The summed E-state index contributed by atoms with van der Waals surface area (Å²) in [6.07, 6.45) is 0. The first-order valence-corrected chi connectivity index (χ1v) is 10.4. The standard InChI is InChI=1S/C25H24N2O4S/c1-30-23(28)20-13-21(24(29)31-2)15-22(14-20)26-25(32)27(16-18-9-5-3-6-10-18)17-19-11-7-4-8-12-19/h3-15H,16-17H2,1-2H3,(H,26,32). The quantitative estimate of drug-likeness (QED) is 0.416. The fourth-order valence-electron chi connectivity index (χ4n) is 3.18. The average Bonchev–Trinajstić information content (AvgIpc) is 2.83. The molecular formula is C25H24N2O4S. The maximum Gasteiger partial charge on any atom is 0.337 e. The molecule has 7 heteroatoms. The molecule has 1 N–H and O–H groups in total. The molecule has 0 unspecified atom stereocenters. The lowest BCUT2D eigenvalue weighted by molar-refractivity contribution is 0.0599. The Bertz CT molecular complexity index is 1010. The molecule has 0 bridgehead atoms. The van der Waals surface area contributed by atoms with Gasteiger partial charge >= 0.3 is 11.9 Å². The van der Waals surface area contributed by atoms with Crippen LogP contribution in [0.25, 0.3) is 0 Å². The molecule has 0 atom stereocenters. The van der Waals surface area contributed by atoms with Crippen LogP contribution >= 0.6 is 12.2 Å². The van der Waals surface area contributed by atoms with Crippen LogP contribution in [-0.2, 0) is 22.6 Å². The molecule has 0 aliphatic rings. The highest BCUT2D eigenvalue weighted by Crippen LogP contribution is 2.19. The third-order valence-corrected chi connectivity index (χ3v) is 5.11. The number of hydrogen-bond acceptors (Lipinski definition) is 5. The summed E-state index contributed by atoms with van der Waals surface area (Å²) in [7, 11) is 2.57. The summed E-state index contributed by atoms with van der Waals surface area (Å²) >= 11 is 5.71. The van der Waals surface area contributed by atoms with Crippen molar-refractivity contribution in [3.05, 3.63) is 101 Å². The molecule has 3 aromatic rings. The van der Waals surface area contributed by atoms with E-state index < -0.39 is 11.9 Å². The maximum absolute atomic E-state index is 12.1. The molecule has 164 valence electrons. The number of ether oxygens (including phenoxy) is 2. The van der Waals surface area contributed by atoms with Crippen molar-refractivity contribution in [1.82, 2.24) is 4.90 Å². The van der Waals surface area contributed by atoms with Crippen molar-refractivity contribution >= 4 is 35.0 Å². The Hall–Kier alpha value is -3.71. The highest BCUT2D eigenvalue weighted by atomic mass is 32.1. The minimum atomic E-state index is -0.560. The summed E-state index contributed by atoms with van der Waals surface area (Å²) in [5, 5.41) is 3.62. The third kappa shape index (κ3) is 6.15. The van der Waals surface area contributed by atoms with Crippen LogP contribution in [0.2, 0.25) is 0 Å². The minimum Gasteiger partial charge on any atom is -0.465 e. The van der Waals surface area contributed by atoms with Gasteiger partial charge in [0, 0.05) is 18.8 Å². The van der Waals surface area contributed by atoms with E-state index >= 15 is 0 Å². The van der Waals surface area contributed by atoms with E-state index in [0.29, 0.717) is 23.9 Å². The summed E-state index contributed by atoms with van der Waals surface area (Å²) < 4.78 is 9.62. The predicted molar refractivity (Wildman–Crippen MR) is 127 cm³/mol. The number of nitrogens with one attached hydrogen (secondary N) is 1. The summed E-state index contributed by atoms with van der Waals surface area (Å²) in [4.78, 5) is 26.2. The molecule has 0 heterocycles. The van der Waals surface area contributed by atoms with E-state index in [0.717, 1.165) is 11.1 Å². The predicted octanol–water partition coefficient (Wildman–Crippen LogP) is 4.66.